The second-order valence-electron chi connectivity index (χ2n) is 5.67. The molecule has 0 saturated heterocycles. The Morgan fingerprint density at radius 2 is 2.10 bits per heavy atom. The summed E-state index contributed by atoms with van der Waals surface area (Å²) in [5, 5.41) is 4.49. The van der Waals surface area contributed by atoms with Crippen molar-refractivity contribution in [3.8, 4) is 0 Å². The average Bonchev–Trinajstić information content (AvgIpc) is 2.96. The third kappa shape index (κ3) is 3.79. The summed E-state index contributed by atoms with van der Waals surface area (Å²) in [7, 11) is 0. The highest BCUT2D eigenvalue weighted by molar-refractivity contribution is 6.18. The molecule has 5 heteroatoms. The van der Waals surface area contributed by atoms with Gasteiger partial charge in [0.05, 0.1) is 5.69 Å². The number of hydrogen-bond donors (Lipinski definition) is 0. The first-order valence-electron chi connectivity index (χ1n) is 8.14. The molecule has 0 bridgehead atoms. The van der Waals surface area contributed by atoms with Crippen LogP contribution >= 0.6 is 11.6 Å². The van der Waals surface area contributed by atoms with Crippen LogP contribution in [0.4, 0.5) is 0 Å². The van der Waals surface area contributed by atoms with E-state index in [4.69, 9.17) is 11.6 Å². The number of nitrogens with zero attached hydrogens (tertiary/aromatic N) is 3. The Bertz CT molecular complexity index is 466. The van der Waals surface area contributed by atoms with Gasteiger partial charge in [-0.1, -0.05) is 26.2 Å². The lowest BCUT2D eigenvalue weighted by Crippen LogP contribution is -2.43. The van der Waals surface area contributed by atoms with Gasteiger partial charge in [-0.05, 0) is 32.3 Å². The SMILES string of the molecule is CCc1cc(C(=O)N(CCCl)C2CCCCC2)n(CC)n1. The van der Waals surface area contributed by atoms with Gasteiger partial charge in [0.25, 0.3) is 5.91 Å². The van der Waals surface area contributed by atoms with E-state index in [0.717, 1.165) is 31.5 Å². The molecule has 0 aromatic carbocycles. The molecule has 21 heavy (non-hydrogen) atoms. The number of carbonyl (C=O) groups excluding carboxylic acids is 1. The summed E-state index contributed by atoms with van der Waals surface area (Å²) in [4.78, 5) is 14.9. The summed E-state index contributed by atoms with van der Waals surface area (Å²) in [6.45, 7) is 5.44. The smallest absolute Gasteiger partial charge is 0.272 e. The molecular formula is C16H26ClN3O. The van der Waals surface area contributed by atoms with Crippen LogP contribution in [-0.4, -0.2) is 39.1 Å². The zero-order valence-corrected chi connectivity index (χ0v) is 13.9. The molecule has 1 heterocycles. The number of hydrogen-bond acceptors (Lipinski definition) is 2. The van der Waals surface area contributed by atoms with E-state index in [0.29, 0.717) is 24.2 Å². The number of aromatic nitrogens is 2. The molecule has 4 nitrogen and oxygen atoms in total. The fourth-order valence-corrected chi connectivity index (χ4v) is 3.32. The minimum Gasteiger partial charge on any atom is -0.333 e. The van der Waals surface area contributed by atoms with E-state index in [2.05, 4.69) is 12.0 Å². The predicted molar refractivity (Wildman–Crippen MR) is 85.9 cm³/mol. The Hall–Kier alpha value is -1.03. The van der Waals surface area contributed by atoms with Gasteiger partial charge in [-0.2, -0.15) is 5.10 Å². The molecule has 1 amide bonds. The largest absolute Gasteiger partial charge is 0.333 e. The van der Waals surface area contributed by atoms with Crippen LogP contribution in [0.25, 0.3) is 0 Å². The van der Waals surface area contributed by atoms with Crippen molar-refractivity contribution in [1.82, 2.24) is 14.7 Å². The number of alkyl halides is 1. The standard InChI is InChI=1S/C16H26ClN3O/c1-3-13-12-15(20(4-2)18-13)16(21)19(11-10-17)14-8-6-5-7-9-14/h12,14H,3-11H2,1-2H3. The fourth-order valence-electron chi connectivity index (χ4n) is 3.14. The second kappa shape index (κ2) is 7.83. The Balaban J connectivity index is 2.22. The second-order valence-corrected chi connectivity index (χ2v) is 6.05. The maximum atomic E-state index is 12.9. The quantitative estimate of drug-likeness (QED) is 0.754. The molecule has 0 aliphatic heterocycles. The first-order chi connectivity index (χ1) is 10.2. The number of amides is 1. The van der Waals surface area contributed by atoms with E-state index < -0.39 is 0 Å². The summed E-state index contributed by atoms with van der Waals surface area (Å²) >= 11 is 5.94. The summed E-state index contributed by atoms with van der Waals surface area (Å²) in [5.74, 6) is 0.583. The van der Waals surface area contributed by atoms with E-state index in [9.17, 15) is 4.79 Å². The summed E-state index contributed by atoms with van der Waals surface area (Å²) in [5.41, 5.74) is 1.69. The van der Waals surface area contributed by atoms with Crippen molar-refractivity contribution in [2.24, 2.45) is 0 Å². The number of carbonyl (C=O) groups is 1. The maximum Gasteiger partial charge on any atom is 0.272 e. The molecule has 0 spiro atoms. The monoisotopic (exact) mass is 311 g/mol. The minimum atomic E-state index is 0.0941. The van der Waals surface area contributed by atoms with Gasteiger partial charge in [-0.25, -0.2) is 0 Å². The van der Waals surface area contributed by atoms with Crippen molar-refractivity contribution in [1.29, 1.82) is 0 Å². The van der Waals surface area contributed by atoms with Gasteiger partial charge >= 0.3 is 0 Å². The maximum absolute atomic E-state index is 12.9. The predicted octanol–water partition coefficient (Wildman–Crippen LogP) is 3.48. The highest BCUT2D eigenvalue weighted by Gasteiger charge is 2.28. The van der Waals surface area contributed by atoms with Crippen molar-refractivity contribution in [3.05, 3.63) is 17.5 Å². The number of aryl methyl sites for hydroxylation is 2. The lowest BCUT2D eigenvalue weighted by molar-refractivity contribution is 0.0637. The highest BCUT2D eigenvalue weighted by atomic mass is 35.5. The van der Waals surface area contributed by atoms with Gasteiger partial charge < -0.3 is 4.90 Å². The molecule has 0 radical (unpaired) electrons. The minimum absolute atomic E-state index is 0.0941. The van der Waals surface area contributed by atoms with Crippen LogP contribution in [0, 0.1) is 0 Å². The summed E-state index contributed by atoms with van der Waals surface area (Å²) < 4.78 is 1.82. The molecule has 0 unspecified atom stereocenters. The summed E-state index contributed by atoms with van der Waals surface area (Å²) in [6.07, 6.45) is 6.76. The van der Waals surface area contributed by atoms with E-state index in [1.165, 1.54) is 19.3 Å². The van der Waals surface area contributed by atoms with Gasteiger partial charge in [0.1, 0.15) is 5.69 Å². The fraction of sp³-hybridized carbons (Fsp3) is 0.750. The van der Waals surface area contributed by atoms with Crippen LogP contribution in [0.2, 0.25) is 0 Å². The third-order valence-corrected chi connectivity index (χ3v) is 4.48. The first kappa shape index (κ1) is 16.3. The van der Waals surface area contributed by atoms with Crippen molar-refractivity contribution in [2.45, 2.75) is 65.0 Å². The van der Waals surface area contributed by atoms with Crippen LogP contribution in [-0.2, 0) is 13.0 Å². The third-order valence-electron chi connectivity index (χ3n) is 4.31. The average molecular weight is 312 g/mol. The summed E-state index contributed by atoms with van der Waals surface area (Å²) in [6, 6.07) is 2.28. The molecule has 2 rings (SSSR count). The zero-order valence-electron chi connectivity index (χ0n) is 13.1. The van der Waals surface area contributed by atoms with Gasteiger partial charge in [0.15, 0.2) is 0 Å². The van der Waals surface area contributed by atoms with Gasteiger partial charge in [0.2, 0.25) is 0 Å². The molecule has 1 aliphatic carbocycles. The van der Waals surface area contributed by atoms with E-state index in [1.807, 2.05) is 22.6 Å². The van der Waals surface area contributed by atoms with Crippen molar-refractivity contribution in [2.75, 3.05) is 12.4 Å². The topological polar surface area (TPSA) is 38.1 Å². The zero-order chi connectivity index (χ0) is 15.2. The Morgan fingerprint density at radius 1 is 1.38 bits per heavy atom. The van der Waals surface area contributed by atoms with Crippen LogP contribution in [0.15, 0.2) is 6.07 Å². The molecular weight excluding hydrogens is 286 g/mol. The Kier molecular flexibility index (Phi) is 6.09. The molecule has 1 saturated carbocycles. The van der Waals surface area contributed by atoms with Crippen LogP contribution in [0.1, 0.15) is 62.1 Å². The van der Waals surface area contributed by atoms with Gasteiger partial charge in [0, 0.05) is 25.0 Å². The van der Waals surface area contributed by atoms with Crippen LogP contribution < -0.4 is 0 Å². The lowest BCUT2D eigenvalue weighted by Gasteiger charge is -2.34. The van der Waals surface area contributed by atoms with Crippen molar-refractivity contribution < 1.29 is 4.79 Å². The normalized spacial score (nSPS) is 16.1. The van der Waals surface area contributed by atoms with Crippen molar-refractivity contribution in [3.63, 3.8) is 0 Å². The van der Waals surface area contributed by atoms with E-state index in [-0.39, 0.29) is 5.91 Å². The molecule has 0 atom stereocenters. The molecule has 1 aromatic heterocycles. The van der Waals surface area contributed by atoms with Gasteiger partial charge in [-0.3, -0.25) is 9.48 Å². The van der Waals surface area contributed by atoms with Crippen LogP contribution in [0.5, 0.6) is 0 Å². The Labute approximate surface area is 132 Å². The molecule has 1 aliphatic rings. The first-order valence-corrected chi connectivity index (χ1v) is 8.68. The molecule has 1 fully saturated rings. The molecule has 118 valence electrons. The van der Waals surface area contributed by atoms with Gasteiger partial charge in [-0.15, -0.1) is 11.6 Å². The number of halogens is 1. The highest BCUT2D eigenvalue weighted by Crippen LogP contribution is 2.24. The van der Waals surface area contributed by atoms with Crippen LogP contribution in [0.3, 0.4) is 0 Å². The van der Waals surface area contributed by atoms with Crippen molar-refractivity contribution >= 4 is 17.5 Å². The molecule has 1 aromatic rings. The van der Waals surface area contributed by atoms with E-state index in [1.54, 1.807) is 0 Å². The Morgan fingerprint density at radius 3 is 2.67 bits per heavy atom. The van der Waals surface area contributed by atoms with E-state index >= 15 is 0 Å². The number of rotatable bonds is 6. The molecule has 0 N–H and O–H groups in total. The lowest BCUT2D eigenvalue weighted by atomic mass is 9.94.